The van der Waals surface area contributed by atoms with Crippen LogP contribution in [0, 0.1) is 5.53 Å². The molecule has 0 fully saturated rings. The molecule has 0 amide bonds. The van der Waals surface area contributed by atoms with Gasteiger partial charge in [-0.15, -0.1) is 0 Å². The lowest BCUT2D eigenvalue weighted by Gasteiger charge is -2.13. The minimum atomic E-state index is -3.01. The van der Waals surface area contributed by atoms with Crippen LogP contribution in [0.15, 0.2) is 35.2 Å². The van der Waals surface area contributed by atoms with E-state index >= 15 is 0 Å². The van der Waals surface area contributed by atoms with Gasteiger partial charge in [-0.3, -0.25) is 4.57 Å². The fourth-order valence-corrected chi connectivity index (χ4v) is 5.15. The van der Waals surface area contributed by atoms with Gasteiger partial charge in [0, 0.05) is 31.6 Å². The van der Waals surface area contributed by atoms with Crippen LogP contribution in [-0.4, -0.2) is 137 Å². The second kappa shape index (κ2) is 37.4. The highest BCUT2D eigenvalue weighted by Gasteiger charge is 2.08. The van der Waals surface area contributed by atoms with Crippen molar-refractivity contribution in [2.45, 2.75) is 71.8 Å². The van der Waals surface area contributed by atoms with Gasteiger partial charge in [0.05, 0.1) is 119 Å². The molecule has 0 bridgehead atoms. The smallest absolute Gasteiger partial charge is 0.199 e. The normalized spacial score (nSPS) is 12.8. The number of ether oxygens (including phenoxy) is 10. The number of unbranched alkanes of at least 4 members (excludes halogenated alkanes) is 6. The first-order valence-electron chi connectivity index (χ1n) is 20.0. The number of benzene rings is 1. The molecule has 15 nitrogen and oxygen atoms in total. The van der Waals surface area contributed by atoms with E-state index in [2.05, 4.69) is 24.3 Å². The van der Waals surface area contributed by atoms with E-state index in [0.29, 0.717) is 118 Å². The van der Waals surface area contributed by atoms with Gasteiger partial charge in [-0.1, -0.05) is 52.4 Å². The van der Waals surface area contributed by atoms with Crippen LogP contribution in [0.4, 0.5) is 0 Å². The maximum atomic E-state index is 11.1. The average molecular weight is 806 g/mol. The molecule has 3 N–H and O–H groups in total. The molecule has 320 valence electrons. The lowest BCUT2D eigenvalue weighted by Crippen LogP contribution is -2.15. The Kier molecular flexibility index (Phi) is 34.6. The van der Waals surface area contributed by atoms with E-state index in [4.69, 9.17) is 52.9 Å². The van der Waals surface area contributed by atoms with Gasteiger partial charge in [-0.25, -0.2) is 5.53 Å². The highest BCUT2D eigenvalue weighted by atomic mass is 31.2. The van der Waals surface area contributed by atoms with Gasteiger partial charge in [-0.05, 0) is 30.5 Å². The predicted molar refractivity (Wildman–Crippen MR) is 213 cm³/mol. The van der Waals surface area contributed by atoms with E-state index < -0.39 is 7.37 Å². The Bertz CT molecular complexity index is 1080. The summed E-state index contributed by atoms with van der Waals surface area (Å²) in [5, 5.41) is 6.83. The zero-order valence-corrected chi connectivity index (χ0v) is 34.8. The van der Waals surface area contributed by atoms with Gasteiger partial charge in [0.1, 0.15) is 17.2 Å². The molecular formula is C39H72N3O12P. The SMILES string of the molecule is CCCCCCOc1cc(CN/C=C(/COCCOCCOCCOCCOCCOCCOCCOCCP(C)(=O)O)N=N)cc(OCCCCCC)c1. The Balaban J connectivity index is 2.04. The molecule has 0 aromatic heterocycles. The monoisotopic (exact) mass is 805 g/mol. The number of hydrogen-bond donors (Lipinski definition) is 3. The molecule has 0 aliphatic heterocycles. The zero-order chi connectivity index (χ0) is 39.9. The van der Waals surface area contributed by atoms with Crippen molar-refractivity contribution in [2.24, 2.45) is 5.11 Å². The van der Waals surface area contributed by atoms with Crippen LogP contribution in [0.1, 0.15) is 70.8 Å². The van der Waals surface area contributed by atoms with Gasteiger partial charge in [0.2, 0.25) is 0 Å². The summed E-state index contributed by atoms with van der Waals surface area (Å²) in [5.74, 6) is 1.62. The number of nitrogens with zero attached hydrogens (tertiary/aromatic N) is 1. The van der Waals surface area contributed by atoms with Crippen molar-refractivity contribution in [1.29, 1.82) is 5.53 Å². The summed E-state index contributed by atoms with van der Waals surface area (Å²) in [6, 6.07) is 6.03. The molecule has 1 unspecified atom stereocenters. The number of nitrogens with one attached hydrogen (secondary N) is 2. The van der Waals surface area contributed by atoms with Crippen LogP contribution in [0.25, 0.3) is 0 Å². The van der Waals surface area contributed by atoms with Crippen LogP contribution in [0.3, 0.4) is 0 Å². The molecule has 1 rings (SSSR count). The minimum absolute atomic E-state index is 0.152. The summed E-state index contributed by atoms with van der Waals surface area (Å²) >= 11 is 0. The molecule has 55 heavy (non-hydrogen) atoms. The van der Waals surface area contributed by atoms with Gasteiger partial charge >= 0.3 is 0 Å². The largest absolute Gasteiger partial charge is 0.493 e. The van der Waals surface area contributed by atoms with Gasteiger partial charge < -0.3 is 57.6 Å². The summed E-state index contributed by atoms with van der Waals surface area (Å²) in [7, 11) is -3.01. The Morgan fingerprint density at radius 3 is 1.40 bits per heavy atom. The van der Waals surface area contributed by atoms with Crippen molar-refractivity contribution >= 4 is 7.37 Å². The quantitative estimate of drug-likeness (QED) is 0.0366. The second-order valence-electron chi connectivity index (χ2n) is 12.9. The minimum Gasteiger partial charge on any atom is -0.493 e. The molecule has 16 heteroatoms. The summed E-state index contributed by atoms with van der Waals surface area (Å²) < 4.78 is 67.0. The van der Waals surface area contributed by atoms with E-state index in [-0.39, 0.29) is 19.4 Å². The maximum absolute atomic E-state index is 11.1. The number of rotatable bonds is 42. The van der Waals surface area contributed by atoms with Gasteiger partial charge in [0.25, 0.3) is 0 Å². The molecular weight excluding hydrogens is 733 g/mol. The van der Waals surface area contributed by atoms with Crippen molar-refractivity contribution in [2.75, 3.05) is 132 Å². The molecule has 0 saturated heterocycles. The first-order chi connectivity index (χ1) is 26.9. The molecule has 0 radical (unpaired) electrons. The lowest BCUT2D eigenvalue weighted by atomic mass is 10.2. The Labute approximate surface area is 330 Å². The maximum Gasteiger partial charge on any atom is 0.199 e. The van der Waals surface area contributed by atoms with Crippen molar-refractivity contribution in [3.8, 4) is 11.5 Å². The summed E-state index contributed by atoms with van der Waals surface area (Å²) in [5.41, 5.74) is 9.02. The summed E-state index contributed by atoms with van der Waals surface area (Å²) in [4.78, 5) is 9.17. The van der Waals surface area contributed by atoms with Crippen LogP contribution in [0.5, 0.6) is 11.5 Å². The van der Waals surface area contributed by atoms with Gasteiger partial charge in [-0.2, -0.15) is 5.11 Å². The topological polar surface area (TPSA) is 178 Å². The predicted octanol–water partition coefficient (Wildman–Crippen LogP) is 6.60. The molecule has 0 spiro atoms. The first-order valence-corrected chi connectivity index (χ1v) is 22.3. The van der Waals surface area contributed by atoms with E-state index in [1.165, 1.54) is 45.2 Å². The fourth-order valence-electron chi connectivity index (χ4n) is 4.68. The van der Waals surface area contributed by atoms with Crippen molar-refractivity contribution in [1.82, 2.24) is 5.32 Å². The number of hydrogen-bond acceptors (Lipinski definition) is 14. The Morgan fingerprint density at radius 2 is 1.02 bits per heavy atom. The van der Waals surface area contributed by atoms with E-state index in [1.54, 1.807) is 6.20 Å². The molecule has 0 saturated carbocycles. The van der Waals surface area contributed by atoms with Crippen molar-refractivity contribution < 1.29 is 56.8 Å². The highest BCUT2D eigenvalue weighted by molar-refractivity contribution is 7.57. The standard InChI is InChI=1S/C39H72N3O12P/c1-4-6-8-10-12-53-38-30-36(31-39(32-38)54-13-11-9-7-5-2)33-41-34-37(42-40)35-52-27-26-50-23-22-48-19-18-46-15-14-45-16-17-47-20-21-49-24-25-51-28-29-55(3,43)44/h30-32,34,40-41H,4-29,33,35H2,1-3H3,(H,43,44)/b37-34-,42-40?. The molecule has 1 atom stereocenters. The molecule has 1 aromatic rings. The first kappa shape index (κ1) is 50.8. The van der Waals surface area contributed by atoms with Crippen LogP contribution in [-0.2, 0) is 49.0 Å². The Hall–Kier alpha value is -2.17. The van der Waals surface area contributed by atoms with Crippen molar-refractivity contribution in [3.63, 3.8) is 0 Å². The van der Waals surface area contributed by atoms with Crippen LogP contribution >= 0.6 is 7.37 Å². The van der Waals surface area contributed by atoms with E-state index in [0.717, 1.165) is 29.9 Å². The summed E-state index contributed by atoms with van der Waals surface area (Å²) in [6.45, 7) is 14.3. The van der Waals surface area contributed by atoms with Gasteiger partial charge in [0.15, 0.2) is 7.37 Å². The van der Waals surface area contributed by atoms with Crippen molar-refractivity contribution in [3.05, 3.63) is 35.7 Å². The highest BCUT2D eigenvalue weighted by Crippen LogP contribution is 2.34. The molecule has 0 heterocycles. The lowest BCUT2D eigenvalue weighted by molar-refractivity contribution is -0.0224. The summed E-state index contributed by atoms with van der Waals surface area (Å²) in [6.07, 6.45) is 11.1. The fraction of sp³-hybridized carbons (Fsp3) is 0.795. The third-order valence-corrected chi connectivity index (χ3v) is 8.71. The van der Waals surface area contributed by atoms with E-state index in [9.17, 15) is 9.46 Å². The van der Waals surface area contributed by atoms with Crippen LogP contribution < -0.4 is 14.8 Å². The third-order valence-electron chi connectivity index (χ3n) is 7.70. The second-order valence-corrected chi connectivity index (χ2v) is 15.4. The molecule has 0 aliphatic carbocycles. The molecule has 1 aromatic carbocycles. The Morgan fingerprint density at radius 1 is 0.618 bits per heavy atom. The molecule has 0 aliphatic rings. The van der Waals surface area contributed by atoms with Crippen LogP contribution in [0.2, 0.25) is 0 Å². The third kappa shape index (κ3) is 34.8. The zero-order valence-electron chi connectivity index (χ0n) is 33.9. The van der Waals surface area contributed by atoms with E-state index in [1.807, 2.05) is 18.2 Å². The average Bonchev–Trinajstić information content (AvgIpc) is 3.16.